The van der Waals surface area contributed by atoms with Crippen LogP contribution in [0, 0.1) is 0 Å². The molecule has 0 spiro atoms. The van der Waals surface area contributed by atoms with Crippen molar-refractivity contribution in [3.63, 3.8) is 0 Å². The number of hydrogen-bond acceptors (Lipinski definition) is 4. The predicted molar refractivity (Wildman–Crippen MR) is 122 cm³/mol. The van der Waals surface area contributed by atoms with E-state index in [0.717, 1.165) is 6.26 Å². The molecule has 2 aliphatic heterocycles. The minimum absolute atomic E-state index is 0.258. The van der Waals surface area contributed by atoms with Crippen molar-refractivity contribution in [3.05, 3.63) is 69.2 Å². The first-order chi connectivity index (χ1) is 15.1. The van der Waals surface area contributed by atoms with Gasteiger partial charge in [-0.25, -0.2) is 12.7 Å². The second-order valence-electron chi connectivity index (χ2n) is 8.12. The number of carboxylic acids is 1. The molecule has 2 heterocycles. The van der Waals surface area contributed by atoms with Crippen molar-refractivity contribution in [2.24, 2.45) is 0 Å². The van der Waals surface area contributed by atoms with Gasteiger partial charge < -0.3 is 10.0 Å². The van der Waals surface area contributed by atoms with E-state index in [0.29, 0.717) is 34.6 Å². The van der Waals surface area contributed by atoms with Crippen LogP contribution in [0.4, 0.5) is 0 Å². The average molecular weight is 497 g/mol. The van der Waals surface area contributed by atoms with Crippen LogP contribution in [0.2, 0.25) is 10.0 Å². The average Bonchev–Trinajstić information content (AvgIpc) is 2.73. The minimum Gasteiger partial charge on any atom is -0.481 e. The highest BCUT2D eigenvalue weighted by atomic mass is 35.5. The summed E-state index contributed by atoms with van der Waals surface area (Å²) in [5, 5.41) is 10.9. The maximum atomic E-state index is 13.7. The number of benzene rings is 2. The highest BCUT2D eigenvalue weighted by Gasteiger charge is 2.48. The zero-order valence-electron chi connectivity index (χ0n) is 17.2. The molecule has 170 valence electrons. The smallest absolute Gasteiger partial charge is 0.313 e. The van der Waals surface area contributed by atoms with Crippen molar-refractivity contribution >= 4 is 45.1 Å². The molecule has 2 aliphatic rings. The van der Waals surface area contributed by atoms with Crippen molar-refractivity contribution in [3.8, 4) is 0 Å². The van der Waals surface area contributed by atoms with Gasteiger partial charge in [0.05, 0.1) is 12.3 Å². The third-order valence-electron chi connectivity index (χ3n) is 6.21. The number of carbonyl (C=O) groups is 2. The fraction of sp³-hybridized carbons (Fsp3) is 0.364. The number of rotatable bonds is 4. The van der Waals surface area contributed by atoms with Gasteiger partial charge in [-0.1, -0.05) is 47.5 Å². The van der Waals surface area contributed by atoms with Crippen LogP contribution in [0.1, 0.15) is 46.3 Å². The van der Waals surface area contributed by atoms with Gasteiger partial charge in [0.25, 0.3) is 5.91 Å². The number of nitrogens with zero attached hydrogens (tertiary/aromatic N) is 2. The number of fused-ring (bicyclic) bond motifs is 1. The lowest BCUT2D eigenvalue weighted by Gasteiger charge is -2.47. The Morgan fingerprint density at radius 1 is 1.06 bits per heavy atom. The molecule has 1 saturated heterocycles. The van der Waals surface area contributed by atoms with Crippen molar-refractivity contribution < 1.29 is 23.1 Å². The summed E-state index contributed by atoms with van der Waals surface area (Å²) in [6.07, 6.45) is 1.95. The number of piperidine rings is 1. The van der Waals surface area contributed by atoms with Crippen LogP contribution in [-0.4, -0.2) is 60.0 Å². The molecule has 10 heteroatoms. The molecule has 2 atom stereocenters. The number of sulfonamides is 1. The number of amides is 1. The summed E-state index contributed by atoms with van der Waals surface area (Å²) in [7, 11) is -3.34. The maximum Gasteiger partial charge on any atom is 0.313 e. The van der Waals surface area contributed by atoms with Crippen LogP contribution in [0.3, 0.4) is 0 Å². The lowest BCUT2D eigenvalue weighted by Crippen LogP contribution is -2.53. The van der Waals surface area contributed by atoms with Crippen LogP contribution in [-0.2, 0) is 14.8 Å². The summed E-state index contributed by atoms with van der Waals surface area (Å²) in [4.78, 5) is 27.8. The summed E-state index contributed by atoms with van der Waals surface area (Å²) >= 11 is 12.6. The van der Waals surface area contributed by atoms with Crippen LogP contribution >= 0.6 is 23.2 Å². The quantitative estimate of drug-likeness (QED) is 0.694. The third-order valence-corrected chi connectivity index (χ3v) is 8.07. The van der Waals surface area contributed by atoms with Crippen molar-refractivity contribution in [2.75, 3.05) is 19.3 Å². The number of carbonyl (C=O) groups excluding carboxylic acids is 1. The molecule has 0 bridgehead atoms. The molecule has 0 aliphatic carbocycles. The number of carboxylic acid groups (broad SMARTS) is 1. The van der Waals surface area contributed by atoms with E-state index in [2.05, 4.69) is 0 Å². The third kappa shape index (κ3) is 4.12. The van der Waals surface area contributed by atoms with E-state index in [-0.39, 0.29) is 30.1 Å². The molecule has 7 nitrogen and oxygen atoms in total. The lowest BCUT2D eigenvalue weighted by atomic mass is 9.78. The molecule has 1 fully saturated rings. The van der Waals surface area contributed by atoms with Crippen molar-refractivity contribution in [2.45, 2.75) is 30.8 Å². The largest absolute Gasteiger partial charge is 0.481 e. The summed E-state index contributed by atoms with van der Waals surface area (Å²) < 4.78 is 25.3. The number of hydrogen-bond donors (Lipinski definition) is 1. The van der Waals surface area contributed by atoms with E-state index in [1.54, 1.807) is 41.3 Å². The molecular formula is C22H22Cl2N2O5S. The summed E-state index contributed by atoms with van der Waals surface area (Å²) in [6.45, 7) is 0.515. The van der Waals surface area contributed by atoms with Gasteiger partial charge in [0.2, 0.25) is 10.0 Å². The normalized spacial score (nSPS) is 22.6. The maximum absolute atomic E-state index is 13.7. The summed E-state index contributed by atoms with van der Waals surface area (Å²) in [5.41, 5.74) is 1.27. The number of halogens is 2. The Labute approximate surface area is 196 Å². The van der Waals surface area contributed by atoms with E-state index in [9.17, 15) is 23.1 Å². The van der Waals surface area contributed by atoms with Gasteiger partial charge in [-0.05, 0) is 42.2 Å². The molecule has 2 aromatic carbocycles. The van der Waals surface area contributed by atoms with E-state index >= 15 is 0 Å². The fourth-order valence-electron chi connectivity index (χ4n) is 4.74. The van der Waals surface area contributed by atoms with Gasteiger partial charge in [-0.2, -0.15) is 0 Å². The first kappa shape index (κ1) is 23.0. The van der Waals surface area contributed by atoms with Gasteiger partial charge in [-0.3, -0.25) is 9.59 Å². The van der Waals surface area contributed by atoms with Crippen LogP contribution < -0.4 is 0 Å². The summed E-state index contributed by atoms with van der Waals surface area (Å²) in [6, 6.07) is 10.3. The second kappa shape index (κ2) is 8.67. The van der Waals surface area contributed by atoms with E-state index in [4.69, 9.17) is 23.2 Å². The Bertz CT molecular complexity index is 1180. The first-order valence-electron chi connectivity index (χ1n) is 10.1. The van der Waals surface area contributed by atoms with Gasteiger partial charge >= 0.3 is 5.97 Å². The standard InChI is InChI=1S/C22H22Cl2N2O5S/c1-32(30,31)25-10-8-14(9-11-25)26-20(17-7-6-13(23)12-18(17)24)19(22(28)29)15-4-2-3-5-16(15)21(26)27/h2-7,12,14,19-20H,8-11H2,1H3,(H,28,29)/t19?,20-/m0/s1. The van der Waals surface area contributed by atoms with E-state index < -0.39 is 28.0 Å². The molecule has 4 rings (SSSR count). The van der Waals surface area contributed by atoms with Crippen LogP contribution in [0.25, 0.3) is 0 Å². The van der Waals surface area contributed by atoms with Crippen LogP contribution in [0.15, 0.2) is 42.5 Å². The van der Waals surface area contributed by atoms with E-state index in [1.165, 1.54) is 10.4 Å². The molecule has 1 unspecified atom stereocenters. The molecule has 0 aromatic heterocycles. The topological polar surface area (TPSA) is 95.0 Å². The van der Waals surface area contributed by atoms with Crippen LogP contribution in [0.5, 0.6) is 0 Å². The first-order valence-corrected chi connectivity index (χ1v) is 12.7. The molecule has 0 saturated carbocycles. The Hall–Kier alpha value is -2.13. The Morgan fingerprint density at radius 2 is 1.72 bits per heavy atom. The minimum atomic E-state index is -3.34. The Morgan fingerprint density at radius 3 is 2.31 bits per heavy atom. The van der Waals surface area contributed by atoms with Gasteiger partial charge in [0.1, 0.15) is 5.92 Å². The summed E-state index contributed by atoms with van der Waals surface area (Å²) in [5.74, 6) is -2.39. The lowest BCUT2D eigenvalue weighted by molar-refractivity contribution is -0.141. The number of aliphatic carboxylic acids is 1. The predicted octanol–water partition coefficient (Wildman–Crippen LogP) is 3.78. The zero-order valence-corrected chi connectivity index (χ0v) is 19.6. The highest BCUT2D eigenvalue weighted by molar-refractivity contribution is 7.88. The van der Waals surface area contributed by atoms with Gasteiger partial charge in [0, 0.05) is 34.7 Å². The Kier molecular flexibility index (Phi) is 6.24. The monoisotopic (exact) mass is 496 g/mol. The molecule has 0 radical (unpaired) electrons. The highest BCUT2D eigenvalue weighted by Crippen LogP contribution is 2.47. The second-order valence-corrected chi connectivity index (χ2v) is 10.9. The van der Waals surface area contributed by atoms with E-state index in [1.807, 2.05) is 0 Å². The molecule has 1 amide bonds. The molecular weight excluding hydrogens is 475 g/mol. The molecule has 32 heavy (non-hydrogen) atoms. The molecule has 2 aromatic rings. The molecule has 1 N–H and O–H groups in total. The van der Waals surface area contributed by atoms with Crippen molar-refractivity contribution in [1.29, 1.82) is 0 Å². The zero-order chi connectivity index (χ0) is 23.2. The fourth-order valence-corrected chi connectivity index (χ4v) is 6.14. The van der Waals surface area contributed by atoms with Crippen molar-refractivity contribution in [1.82, 2.24) is 9.21 Å². The van der Waals surface area contributed by atoms with Gasteiger partial charge in [0.15, 0.2) is 0 Å². The SMILES string of the molecule is CS(=O)(=O)N1CCC(N2C(=O)c3ccccc3C(C(=O)O)[C@@H]2c2ccc(Cl)cc2Cl)CC1. The van der Waals surface area contributed by atoms with Gasteiger partial charge in [-0.15, -0.1) is 0 Å². The Balaban J connectivity index is 1.84.